The lowest BCUT2D eigenvalue weighted by Gasteiger charge is -2.34. The molecule has 0 atom stereocenters. The molecule has 1 N–H and O–H groups in total. The maximum absolute atomic E-state index is 12.4. The van der Waals surface area contributed by atoms with Crippen LogP contribution in [0.25, 0.3) is 0 Å². The van der Waals surface area contributed by atoms with Crippen molar-refractivity contribution >= 4 is 23.5 Å². The van der Waals surface area contributed by atoms with E-state index in [0.29, 0.717) is 13.0 Å². The molecule has 27 heavy (non-hydrogen) atoms. The minimum Gasteiger partial charge on any atom is -0.497 e. The van der Waals surface area contributed by atoms with Gasteiger partial charge >= 0.3 is 17.8 Å². The van der Waals surface area contributed by atoms with Crippen molar-refractivity contribution in [3.05, 3.63) is 24.3 Å². The van der Waals surface area contributed by atoms with Gasteiger partial charge in [0.2, 0.25) is 0 Å². The number of piperazine rings is 1. The number of quaternary nitrogens is 1. The minimum atomic E-state index is -0.693. The molecule has 0 saturated carbocycles. The molecule has 1 aromatic rings. The molecule has 2 fully saturated rings. The van der Waals surface area contributed by atoms with Crippen molar-refractivity contribution in [3.8, 4) is 5.75 Å². The molecule has 2 aliphatic rings. The highest BCUT2D eigenvalue weighted by Crippen LogP contribution is 2.19. The van der Waals surface area contributed by atoms with E-state index in [-0.39, 0.29) is 6.67 Å². The second kappa shape index (κ2) is 8.39. The van der Waals surface area contributed by atoms with Crippen molar-refractivity contribution in [2.45, 2.75) is 19.8 Å². The molecule has 2 aliphatic heterocycles. The van der Waals surface area contributed by atoms with Crippen LogP contribution in [0.15, 0.2) is 24.3 Å². The van der Waals surface area contributed by atoms with Gasteiger partial charge in [0.25, 0.3) is 0 Å². The van der Waals surface area contributed by atoms with Crippen LogP contribution in [-0.4, -0.2) is 74.1 Å². The number of hydrogen-bond acceptors (Lipinski definition) is 5. The molecule has 0 aromatic heterocycles. The molecule has 0 aliphatic carbocycles. The van der Waals surface area contributed by atoms with Crippen LogP contribution in [-0.2, 0) is 9.59 Å². The van der Waals surface area contributed by atoms with Gasteiger partial charge in [0.15, 0.2) is 6.67 Å². The summed E-state index contributed by atoms with van der Waals surface area (Å²) in [6, 6.07) is 7.46. The molecule has 8 heteroatoms. The lowest BCUT2D eigenvalue weighted by molar-refractivity contribution is -0.907. The van der Waals surface area contributed by atoms with Gasteiger partial charge in [-0.2, -0.15) is 0 Å². The molecule has 0 radical (unpaired) electrons. The van der Waals surface area contributed by atoms with Crippen LogP contribution in [0.4, 0.5) is 10.5 Å². The molecule has 0 unspecified atom stereocenters. The average molecular weight is 375 g/mol. The monoisotopic (exact) mass is 375 g/mol. The van der Waals surface area contributed by atoms with Crippen LogP contribution in [0, 0.1) is 0 Å². The number of anilines is 1. The molecular formula is C19H27N4O4+. The highest BCUT2D eigenvalue weighted by molar-refractivity contribution is 6.44. The Morgan fingerprint density at radius 2 is 1.63 bits per heavy atom. The molecular weight excluding hydrogens is 348 g/mol. The van der Waals surface area contributed by atoms with Gasteiger partial charge in [-0.05, 0) is 30.7 Å². The third-order valence-corrected chi connectivity index (χ3v) is 5.16. The van der Waals surface area contributed by atoms with Gasteiger partial charge in [-0.15, -0.1) is 0 Å². The summed E-state index contributed by atoms with van der Waals surface area (Å²) in [5.41, 5.74) is 1.13. The zero-order valence-corrected chi connectivity index (χ0v) is 15.9. The number of hydrogen-bond donors (Lipinski definition) is 1. The molecule has 4 amide bonds. The van der Waals surface area contributed by atoms with Crippen LogP contribution in [0.1, 0.15) is 19.8 Å². The Kier molecular flexibility index (Phi) is 5.95. The molecule has 0 spiro atoms. The van der Waals surface area contributed by atoms with Crippen LogP contribution in [0.5, 0.6) is 5.75 Å². The van der Waals surface area contributed by atoms with Crippen LogP contribution in [0.2, 0.25) is 0 Å². The lowest BCUT2D eigenvalue weighted by atomic mass is 10.2. The number of methoxy groups -OCH3 is 1. The Labute approximate surface area is 159 Å². The van der Waals surface area contributed by atoms with Crippen molar-refractivity contribution in [1.82, 2.24) is 9.80 Å². The van der Waals surface area contributed by atoms with Crippen molar-refractivity contribution in [2.24, 2.45) is 0 Å². The maximum atomic E-state index is 12.4. The molecule has 8 nitrogen and oxygen atoms in total. The largest absolute Gasteiger partial charge is 0.497 e. The van der Waals surface area contributed by atoms with Gasteiger partial charge < -0.3 is 14.5 Å². The van der Waals surface area contributed by atoms with Crippen LogP contribution in [0.3, 0.4) is 0 Å². The first-order valence-electron chi connectivity index (χ1n) is 9.45. The molecule has 2 heterocycles. The zero-order chi connectivity index (χ0) is 19.4. The van der Waals surface area contributed by atoms with Crippen molar-refractivity contribution in [3.63, 3.8) is 0 Å². The summed E-state index contributed by atoms with van der Waals surface area (Å²) in [4.78, 5) is 42.3. The van der Waals surface area contributed by atoms with Gasteiger partial charge in [0, 0.05) is 12.2 Å². The van der Waals surface area contributed by atoms with Crippen LogP contribution < -0.4 is 14.5 Å². The van der Waals surface area contributed by atoms with E-state index in [0.717, 1.165) is 58.7 Å². The number of imide groups is 2. The lowest BCUT2D eigenvalue weighted by Crippen LogP contribution is -3.16. The number of ether oxygens (including phenoxy) is 1. The predicted molar refractivity (Wildman–Crippen MR) is 99.6 cm³/mol. The molecule has 3 rings (SSSR count). The highest BCUT2D eigenvalue weighted by Gasteiger charge is 2.45. The number of carbonyl (C=O) groups is 3. The summed E-state index contributed by atoms with van der Waals surface area (Å²) in [6.07, 6.45) is 1.58. The fraction of sp³-hybridized carbons (Fsp3) is 0.526. The fourth-order valence-electron chi connectivity index (χ4n) is 3.46. The Balaban J connectivity index is 1.54. The van der Waals surface area contributed by atoms with Crippen molar-refractivity contribution in [1.29, 1.82) is 0 Å². The summed E-state index contributed by atoms with van der Waals surface area (Å²) in [7, 11) is 1.65. The zero-order valence-electron chi connectivity index (χ0n) is 15.9. The first-order chi connectivity index (χ1) is 13.0. The highest BCUT2D eigenvalue weighted by atomic mass is 16.5. The van der Waals surface area contributed by atoms with Crippen molar-refractivity contribution < 1.29 is 24.0 Å². The number of unbranched alkanes of at least 4 members (excludes halogenated alkanes) is 1. The Morgan fingerprint density at radius 1 is 1.00 bits per heavy atom. The number of amides is 4. The number of nitrogens with zero attached hydrogens (tertiary/aromatic N) is 3. The summed E-state index contributed by atoms with van der Waals surface area (Å²) < 4.78 is 5.19. The Bertz CT molecular complexity index is 698. The first-order valence-corrected chi connectivity index (χ1v) is 9.45. The second-order valence-electron chi connectivity index (χ2n) is 6.92. The smallest absolute Gasteiger partial charge is 0.338 e. The summed E-state index contributed by atoms with van der Waals surface area (Å²) in [5.74, 6) is -0.558. The number of urea groups is 1. The van der Waals surface area contributed by atoms with Gasteiger partial charge in [-0.25, -0.2) is 9.69 Å². The third-order valence-electron chi connectivity index (χ3n) is 5.16. The number of carbonyl (C=O) groups excluding carboxylic acids is 3. The maximum Gasteiger partial charge on any atom is 0.338 e. The van der Waals surface area contributed by atoms with Gasteiger partial charge in [-0.3, -0.25) is 14.5 Å². The molecule has 1 aromatic carbocycles. The van der Waals surface area contributed by atoms with E-state index < -0.39 is 17.8 Å². The van der Waals surface area contributed by atoms with Crippen molar-refractivity contribution in [2.75, 3.05) is 51.4 Å². The van der Waals surface area contributed by atoms with E-state index in [1.54, 1.807) is 7.11 Å². The van der Waals surface area contributed by atoms with E-state index >= 15 is 0 Å². The second-order valence-corrected chi connectivity index (χ2v) is 6.92. The molecule has 146 valence electrons. The predicted octanol–water partition coefficient (Wildman–Crippen LogP) is -0.0515. The first kappa shape index (κ1) is 19.2. The Hall–Kier alpha value is -2.61. The number of nitrogens with one attached hydrogen (secondary N) is 1. The molecule has 2 saturated heterocycles. The minimum absolute atomic E-state index is 0.252. The van der Waals surface area contributed by atoms with Gasteiger partial charge in [0.05, 0.1) is 33.3 Å². The Morgan fingerprint density at radius 3 is 2.22 bits per heavy atom. The van der Waals surface area contributed by atoms with E-state index in [2.05, 4.69) is 4.90 Å². The van der Waals surface area contributed by atoms with Crippen LogP contribution >= 0.6 is 0 Å². The van der Waals surface area contributed by atoms with E-state index in [9.17, 15) is 14.4 Å². The fourth-order valence-corrected chi connectivity index (χ4v) is 3.46. The third kappa shape index (κ3) is 4.05. The van der Waals surface area contributed by atoms with E-state index in [1.165, 1.54) is 0 Å². The summed E-state index contributed by atoms with van der Waals surface area (Å²) in [6.45, 7) is 5.80. The quantitative estimate of drug-likeness (QED) is 0.534. The van der Waals surface area contributed by atoms with Gasteiger partial charge in [0.1, 0.15) is 5.75 Å². The van der Waals surface area contributed by atoms with E-state index in [4.69, 9.17) is 4.74 Å². The average Bonchev–Trinajstić information content (AvgIpc) is 2.90. The SMILES string of the molecule is CCCCN1C(=O)C(=O)N(C[NH+]2CCN(c3ccc(OC)cc3)CC2)C1=O. The molecule has 0 bridgehead atoms. The number of rotatable bonds is 7. The van der Waals surface area contributed by atoms with E-state index in [1.807, 2.05) is 31.2 Å². The number of benzene rings is 1. The standard InChI is InChI=1S/C19H26N4O4/c1-3-4-9-22-17(24)18(25)23(19(22)26)14-20-10-12-21(13-11-20)15-5-7-16(27-2)8-6-15/h5-8H,3-4,9-14H2,1-2H3/p+1. The normalized spacial score (nSPS) is 18.6. The summed E-state index contributed by atoms with van der Waals surface area (Å²) in [5, 5.41) is 0. The topological polar surface area (TPSA) is 74.6 Å². The summed E-state index contributed by atoms with van der Waals surface area (Å²) >= 11 is 0. The van der Waals surface area contributed by atoms with Gasteiger partial charge in [-0.1, -0.05) is 13.3 Å².